The van der Waals surface area contributed by atoms with Crippen LogP contribution < -0.4 is 5.43 Å². The maximum absolute atomic E-state index is 11.6. The lowest BCUT2D eigenvalue weighted by atomic mass is 10.0. The van der Waals surface area contributed by atoms with Crippen LogP contribution in [0.15, 0.2) is 29.0 Å². The first-order valence-electron chi connectivity index (χ1n) is 5.49. The molecule has 4 nitrogen and oxygen atoms in total. The first-order chi connectivity index (χ1) is 7.75. The third-order valence-electron chi connectivity index (χ3n) is 3.18. The van der Waals surface area contributed by atoms with E-state index in [1.54, 1.807) is 0 Å². The van der Waals surface area contributed by atoms with Gasteiger partial charge in [0.25, 0.3) is 5.91 Å². The van der Waals surface area contributed by atoms with E-state index < -0.39 is 0 Å². The van der Waals surface area contributed by atoms with Gasteiger partial charge in [-0.2, -0.15) is 5.10 Å². The fourth-order valence-corrected chi connectivity index (χ4v) is 2.06. The molecule has 1 saturated carbocycles. The summed E-state index contributed by atoms with van der Waals surface area (Å²) in [6.07, 6.45) is 4.85. The lowest BCUT2D eigenvalue weighted by Crippen LogP contribution is -2.14. The van der Waals surface area contributed by atoms with Crippen molar-refractivity contribution < 1.29 is 4.79 Å². The molecule has 1 aliphatic carbocycles. The van der Waals surface area contributed by atoms with Gasteiger partial charge in [0.1, 0.15) is 0 Å². The van der Waals surface area contributed by atoms with Crippen LogP contribution in [0.2, 0.25) is 0 Å². The number of aromatic amines is 1. The third-order valence-corrected chi connectivity index (χ3v) is 3.18. The highest BCUT2D eigenvalue weighted by molar-refractivity contribution is 6.28. The Morgan fingerprint density at radius 1 is 1.56 bits per heavy atom. The van der Waals surface area contributed by atoms with Crippen molar-refractivity contribution in [2.24, 2.45) is 16.9 Å². The predicted molar refractivity (Wildman–Crippen MR) is 61.6 cm³/mol. The molecule has 2 atom stereocenters. The van der Waals surface area contributed by atoms with Crippen LogP contribution in [0.1, 0.15) is 19.0 Å². The van der Waals surface area contributed by atoms with Gasteiger partial charge in [-0.15, -0.1) is 0 Å². The number of amides is 1. The van der Waals surface area contributed by atoms with Gasteiger partial charge >= 0.3 is 0 Å². The van der Waals surface area contributed by atoms with Crippen LogP contribution in [0.3, 0.4) is 0 Å². The van der Waals surface area contributed by atoms with Gasteiger partial charge in [-0.25, -0.2) is 5.43 Å². The number of hydrogen-bond donors (Lipinski definition) is 2. The molecule has 0 bridgehead atoms. The monoisotopic (exact) mass is 215 g/mol. The summed E-state index contributed by atoms with van der Waals surface area (Å²) in [6, 6.07) is 3.85. The van der Waals surface area contributed by atoms with Gasteiger partial charge in [0, 0.05) is 17.8 Å². The molecule has 82 valence electrons. The van der Waals surface area contributed by atoms with Crippen LogP contribution in [-0.2, 0) is 4.79 Å². The number of hydrazone groups is 1. The molecule has 1 amide bonds. The molecule has 2 aliphatic rings. The number of nitrogens with zero attached hydrogens (tertiary/aromatic N) is 1. The van der Waals surface area contributed by atoms with Gasteiger partial charge in [-0.05, 0) is 30.5 Å². The van der Waals surface area contributed by atoms with E-state index in [0.29, 0.717) is 17.4 Å². The van der Waals surface area contributed by atoms with E-state index >= 15 is 0 Å². The minimum absolute atomic E-state index is 0.0938. The molecular formula is C12H13N3O. The molecule has 0 aromatic carbocycles. The highest BCUT2D eigenvalue weighted by Gasteiger charge is 2.42. The number of hydrogen-bond acceptors (Lipinski definition) is 2. The zero-order valence-corrected chi connectivity index (χ0v) is 9.03. The molecule has 2 unspecified atom stereocenters. The average molecular weight is 215 g/mol. The molecule has 0 radical (unpaired) electrons. The third kappa shape index (κ3) is 1.46. The summed E-state index contributed by atoms with van der Waals surface area (Å²) in [5.74, 6) is 1.02. The Bertz CT molecular complexity index is 484. The van der Waals surface area contributed by atoms with Gasteiger partial charge in [-0.3, -0.25) is 4.79 Å². The van der Waals surface area contributed by atoms with Crippen LogP contribution in [-0.4, -0.2) is 16.6 Å². The van der Waals surface area contributed by atoms with Crippen LogP contribution >= 0.6 is 0 Å². The molecule has 16 heavy (non-hydrogen) atoms. The van der Waals surface area contributed by atoms with Crippen molar-refractivity contribution in [1.82, 2.24) is 10.4 Å². The molecular weight excluding hydrogens is 202 g/mol. The first-order valence-corrected chi connectivity index (χ1v) is 5.49. The second kappa shape index (κ2) is 3.33. The zero-order valence-electron chi connectivity index (χ0n) is 9.03. The maximum atomic E-state index is 11.6. The summed E-state index contributed by atoms with van der Waals surface area (Å²) in [7, 11) is 0. The van der Waals surface area contributed by atoms with Crippen LogP contribution in [0, 0.1) is 11.8 Å². The average Bonchev–Trinajstić information content (AvgIpc) is 2.69. The van der Waals surface area contributed by atoms with Crippen LogP contribution in [0.25, 0.3) is 6.08 Å². The van der Waals surface area contributed by atoms with Crippen LogP contribution in [0.5, 0.6) is 0 Å². The molecule has 0 saturated heterocycles. The Labute approximate surface area is 93.4 Å². The molecule has 1 aliphatic heterocycles. The largest absolute Gasteiger partial charge is 0.362 e. The lowest BCUT2D eigenvalue weighted by molar-refractivity contribution is -0.116. The molecule has 1 aromatic rings. The van der Waals surface area contributed by atoms with Crippen molar-refractivity contribution in [3.63, 3.8) is 0 Å². The number of H-pyrrole nitrogens is 1. The highest BCUT2D eigenvalue weighted by Crippen LogP contribution is 2.41. The van der Waals surface area contributed by atoms with Crippen molar-refractivity contribution >= 4 is 17.7 Å². The maximum Gasteiger partial charge on any atom is 0.273 e. The van der Waals surface area contributed by atoms with Gasteiger partial charge in [0.05, 0.1) is 11.3 Å². The molecule has 2 N–H and O–H groups in total. The molecule has 4 heteroatoms. The van der Waals surface area contributed by atoms with E-state index in [4.69, 9.17) is 0 Å². The quantitative estimate of drug-likeness (QED) is 0.722. The second-order valence-corrected chi connectivity index (χ2v) is 4.44. The summed E-state index contributed by atoms with van der Waals surface area (Å²) in [4.78, 5) is 14.7. The SMILES string of the molecule is CC1CC1C1=NNC(=O)C1=Cc1ccc[nH]1. The summed E-state index contributed by atoms with van der Waals surface area (Å²) in [6.45, 7) is 2.18. The molecule has 1 aromatic heterocycles. The van der Waals surface area contributed by atoms with Gasteiger partial charge in [-0.1, -0.05) is 6.92 Å². The fourth-order valence-electron chi connectivity index (χ4n) is 2.06. The van der Waals surface area contributed by atoms with Crippen molar-refractivity contribution in [1.29, 1.82) is 0 Å². The minimum atomic E-state index is -0.0938. The molecule has 0 spiro atoms. The minimum Gasteiger partial charge on any atom is -0.362 e. The number of rotatable bonds is 2. The topological polar surface area (TPSA) is 57.2 Å². The fraction of sp³-hybridized carbons (Fsp3) is 0.333. The summed E-state index contributed by atoms with van der Waals surface area (Å²) in [5.41, 5.74) is 5.11. The Balaban J connectivity index is 1.92. The van der Waals surface area contributed by atoms with Gasteiger partial charge in [0.2, 0.25) is 0 Å². The van der Waals surface area contributed by atoms with Crippen LogP contribution in [0.4, 0.5) is 0 Å². The highest BCUT2D eigenvalue weighted by atomic mass is 16.2. The van der Waals surface area contributed by atoms with E-state index in [-0.39, 0.29) is 5.91 Å². The smallest absolute Gasteiger partial charge is 0.273 e. The van der Waals surface area contributed by atoms with E-state index in [9.17, 15) is 4.79 Å². The summed E-state index contributed by atoms with van der Waals surface area (Å²) in [5, 5.41) is 4.13. The molecule has 3 rings (SSSR count). The Kier molecular flexibility index (Phi) is 1.96. The van der Waals surface area contributed by atoms with Crippen molar-refractivity contribution in [2.45, 2.75) is 13.3 Å². The summed E-state index contributed by atoms with van der Waals surface area (Å²) < 4.78 is 0. The van der Waals surface area contributed by atoms with E-state index in [2.05, 4.69) is 22.4 Å². The van der Waals surface area contributed by atoms with Crippen molar-refractivity contribution in [3.05, 3.63) is 29.6 Å². The van der Waals surface area contributed by atoms with Crippen molar-refractivity contribution in [2.75, 3.05) is 0 Å². The summed E-state index contributed by atoms with van der Waals surface area (Å²) >= 11 is 0. The van der Waals surface area contributed by atoms with Gasteiger partial charge in [0.15, 0.2) is 0 Å². The standard InChI is InChI=1S/C12H13N3O/c1-7-5-9(7)11-10(12(16)15-14-11)6-8-3-2-4-13-8/h2-4,6-7,9,13H,5H2,1H3,(H,15,16). The number of aromatic nitrogens is 1. The number of carbonyl (C=O) groups excluding carboxylic acids is 1. The van der Waals surface area contributed by atoms with E-state index in [0.717, 1.165) is 17.8 Å². The number of carbonyl (C=O) groups is 1. The lowest BCUT2D eigenvalue weighted by Gasteiger charge is -1.98. The van der Waals surface area contributed by atoms with Crippen molar-refractivity contribution in [3.8, 4) is 0 Å². The normalized spacial score (nSPS) is 30.4. The Morgan fingerprint density at radius 3 is 3.00 bits per heavy atom. The first kappa shape index (κ1) is 9.39. The zero-order chi connectivity index (χ0) is 11.1. The molecule has 1 fully saturated rings. The second-order valence-electron chi connectivity index (χ2n) is 4.44. The Morgan fingerprint density at radius 2 is 2.38 bits per heavy atom. The number of nitrogens with one attached hydrogen (secondary N) is 2. The predicted octanol–water partition coefficient (Wildman–Crippen LogP) is 1.54. The Hall–Kier alpha value is -1.84. The molecule has 2 heterocycles. The van der Waals surface area contributed by atoms with E-state index in [1.807, 2.05) is 24.4 Å². The van der Waals surface area contributed by atoms with Gasteiger partial charge < -0.3 is 4.98 Å². The van der Waals surface area contributed by atoms with E-state index in [1.165, 1.54) is 0 Å².